The van der Waals surface area contributed by atoms with Crippen molar-refractivity contribution in [1.82, 2.24) is 10.6 Å². The zero-order valence-corrected chi connectivity index (χ0v) is 17.4. The topological polar surface area (TPSA) is 131 Å². The van der Waals surface area contributed by atoms with Crippen LogP contribution in [0.2, 0.25) is 5.02 Å². The van der Waals surface area contributed by atoms with Crippen LogP contribution in [0.15, 0.2) is 42.5 Å². The van der Waals surface area contributed by atoms with Crippen molar-refractivity contribution in [3.63, 3.8) is 0 Å². The summed E-state index contributed by atoms with van der Waals surface area (Å²) in [6, 6.07) is 9.80. The average molecular weight is 434 g/mol. The molecular weight excluding hydrogens is 410 g/mol. The number of hydrogen-bond donors (Lipinski definition) is 4. The Bertz CT molecular complexity index is 915. The maximum absolute atomic E-state index is 12.7. The molecule has 0 saturated heterocycles. The molecule has 0 saturated carbocycles. The third-order valence-electron chi connectivity index (χ3n) is 3.99. The molecular formula is C21H24ClN3O5. The molecule has 0 aliphatic heterocycles. The highest BCUT2D eigenvalue weighted by Crippen LogP contribution is 2.26. The molecule has 0 spiro atoms. The van der Waals surface area contributed by atoms with Crippen LogP contribution < -0.4 is 21.1 Å². The van der Waals surface area contributed by atoms with E-state index in [0.717, 1.165) is 0 Å². The van der Waals surface area contributed by atoms with E-state index >= 15 is 0 Å². The van der Waals surface area contributed by atoms with Gasteiger partial charge in [0.25, 0.3) is 5.91 Å². The number of phenols is 1. The zero-order valence-electron chi connectivity index (χ0n) is 16.6. The maximum atomic E-state index is 12.7. The normalized spacial score (nSPS) is 11.6. The molecule has 2 aromatic carbocycles. The summed E-state index contributed by atoms with van der Waals surface area (Å²) in [6.45, 7) is 3.36. The van der Waals surface area contributed by atoms with Crippen LogP contribution in [0.25, 0.3) is 0 Å². The number of halogens is 1. The zero-order chi connectivity index (χ0) is 22.3. The number of ether oxygens (including phenoxy) is 1. The Balaban J connectivity index is 2.17. The van der Waals surface area contributed by atoms with Crippen LogP contribution in [0.1, 0.15) is 29.8 Å². The molecule has 30 heavy (non-hydrogen) atoms. The fourth-order valence-electron chi connectivity index (χ4n) is 2.61. The smallest absolute Gasteiger partial charge is 0.251 e. The van der Waals surface area contributed by atoms with Gasteiger partial charge in [0.1, 0.15) is 17.5 Å². The van der Waals surface area contributed by atoms with E-state index in [2.05, 4.69) is 10.6 Å². The second-order valence-electron chi connectivity index (χ2n) is 6.89. The first-order chi connectivity index (χ1) is 14.2. The summed E-state index contributed by atoms with van der Waals surface area (Å²) in [7, 11) is 0. The number of nitrogens with one attached hydrogen (secondary N) is 2. The lowest BCUT2D eigenvalue weighted by Gasteiger charge is -2.19. The molecule has 0 radical (unpaired) electrons. The van der Waals surface area contributed by atoms with E-state index in [1.807, 2.05) is 13.8 Å². The minimum absolute atomic E-state index is 0.0779. The molecule has 8 nitrogen and oxygen atoms in total. The molecule has 2 rings (SSSR count). The van der Waals surface area contributed by atoms with E-state index in [-0.39, 0.29) is 35.4 Å². The molecule has 9 heteroatoms. The Morgan fingerprint density at radius 1 is 1.13 bits per heavy atom. The molecule has 0 aliphatic rings. The Hall–Kier alpha value is -3.26. The van der Waals surface area contributed by atoms with Crippen molar-refractivity contribution in [1.29, 1.82) is 0 Å². The van der Waals surface area contributed by atoms with Crippen molar-refractivity contribution in [2.45, 2.75) is 32.4 Å². The molecule has 0 bridgehead atoms. The van der Waals surface area contributed by atoms with Gasteiger partial charge in [-0.15, -0.1) is 0 Å². The van der Waals surface area contributed by atoms with Crippen molar-refractivity contribution in [2.75, 3.05) is 6.54 Å². The van der Waals surface area contributed by atoms with Crippen molar-refractivity contribution in [2.24, 2.45) is 5.73 Å². The van der Waals surface area contributed by atoms with Crippen LogP contribution in [0.5, 0.6) is 11.5 Å². The number of carbonyl (C=O) groups is 3. The lowest BCUT2D eigenvalue weighted by molar-refractivity contribution is -0.126. The number of aromatic hydroxyl groups is 1. The highest BCUT2D eigenvalue weighted by Gasteiger charge is 2.23. The monoisotopic (exact) mass is 433 g/mol. The van der Waals surface area contributed by atoms with Gasteiger partial charge in [0.15, 0.2) is 0 Å². The number of phenolic OH excluding ortho intramolecular Hbond substituents is 1. The lowest BCUT2D eigenvalue weighted by atomic mass is 10.0. The van der Waals surface area contributed by atoms with Crippen LogP contribution in [-0.2, 0) is 16.0 Å². The van der Waals surface area contributed by atoms with Gasteiger partial charge in [-0.05, 0) is 49.7 Å². The molecule has 0 aromatic heterocycles. The van der Waals surface area contributed by atoms with Crippen molar-refractivity contribution in [3.05, 3.63) is 58.6 Å². The molecule has 3 amide bonds. The number of hydrogen-bond acceptors (Lipinski definition) is 5. The highest BCUT2D eigenvalue weighted by atomic mass is 35.5. The molecule has 0 heterocycles. The van der Waals surface area contributed by atoms with Gasteiger partial charge in [-0.25, -0.2) is 0 Å². The summed E-state index contributed by atoms with van der Waals surface area (Å²) in [5.74, 6) is -1.27. The van der Waals surface area contributed by atoms with Gasteiger partial charge < -0.3 is 26.2 Å². The molecule has 0 aliphatic carbocycles. The van der Waals surface area contributed by atoms with E-state index in [0.29, 0.717) is 11.3 Å². The summed E-state index contributed by atoms with van der Waals surface area (Å²) in [6.07, 6.45) is 0.0598. The second-order valence-corrected chi connectivity index (χ2v) is 7.30. The first kappa shape index (κ1) is 23.0. The van der Waals surface area contributed by atoms with E-state index in [1.54, 1.807) is 18.2 Å². The van der Waals surface area contributed by atoms with Crippen molar-refractivity contribution < 1.29 is 24.2 Å². The lowest BCUT2D eigenvalue weighted by Crippen LogP contribution is -2.49. The van der Waals surface area contributed by atoms with Gasteiger partial charge in [0.05, 0.1) is 17.7 Å². The minimum Gasteiger partial charge on any atom is -0.508 e. The van der Waals surface area contributed by atoms with Crippen LogP contribution >= 0.6 is 11.6 Å². The Morgan fingerprint density at radius 3 is 2.37 bits per heavy atom. The summed E-state index contributed by atoms with van der Waals surface area (Å²) < 4.78 is 5.55. The van der Waals surface area contributed by atoms with Crippen molar-refractivity contribution >= 4 is 29.3 Å². The Morgan fingerprint density at radius 2 is 1.80 bits per heavy atom. The van der Waals surface area contributed by atoms with E-state index in [1.165, 1.54) is 24.3 Å². The Labute approximate surface area is 179 Å². The third-order valence-corrected chi connectivity index (χ3v) is 4.29. The Kier molecular flexibility index (Phi) is 8.06. The van der Waals surface area contributed by atoms with Gasteiger partial charge in [-0.1, -0.05) is 23.7 Å². The number of amides is 3. The molecule has 2 aromatic rings. The molecule has 160 valence electrons. The second kappa shape index (κ2) is 10.5. The van der Waals surface area contributed by atoms with E-state index < -0.39 is 23.8 Å². The fraction of sp³-hybridized carbons (Fsp3) is 0.286. The quantitative estimate of drug-likeness (QED) is 0.478. The maximum Gasteiger partial charge on any atom is 0.251 e. The highest BCUT2D eigenvalue weighted by molar-refractivity contribution is 6.32. The summed E-state index contributed by atoms with van der Waals surface area (Å²) in [5, 5.41) is 14.7. The minimum atomic E-state index is -0.980. The first-order valence-corrected chi connectivity index (χ1v) is 9.64. The number of primary amides is 1. The molecule has 5 N–H and O–H groups in total. The fourth-order valence-corrected chi connectivity index (χ4v) is 2.83. The van der Waals surface area contributed by atoms with E-state index in [4.69, 9.17) is 22.1 Å². The summed E-state index contributed by atoms with van der Waals surface area (Å²) >= 11 is 6.19. The molecule has 1 atom stereocenters. The summed E-state index contributed by atoms with van der Waals surface area (Å²) in [5.41, 5.74) is 6.02. The van der Waals surface area contributed by atoms with Gasteiger partial charge in [0.2, 0.25) is 11.8 Å². The SMILES string of the molecule is CC(C)Oc1ccc(C(=O)N[C@@H](Cc2ccc(O)cc2)C(=O)NCC(N)=O)cc1Cl. The van der Waals surface area contributed by atoms with Crippen LogP contribution in [-0.4, -0.2) is 41.5 Å². The predicted octanol–water partition coefficient (Wildman–Crippen LogP) is 1.78. The first-order valence-electron chi connectivity index (χ1n) is 9.26. The number of rotatable bonds is 9. The third kappa shape index (κ3) is 6.97. The van der Waals surface area contributed by atoms with E-state index in [9.17, 15) is 19.5 Å². The number of carbonyl (C=O) groups excluding carboxylic acids is 3. The van der Waals surface area contributed by atoms with Crippen LogP contribution in [0.3, 0.4) is 0 Å². The standard InChI is InChI=1S/C21H24ClN3O5/c1-12(2)30-18-8-5-14(10-16(18)22)20(28)25-17(21(29)24-11-19(23)27)9-13-3-6-15(26)7-4-13/h3-8,10,12,17,26H,9,11H2,1-2H3,(H2,23,27)(H,24,29)(H,25,28)/t17-/m0/s1. The van der Waals surface area contributed by atoms with Gasteiger partial charge in [-0.2, -0.15) is 0 Å². The van der Waals surface area contributed by atoms with Gasteiger partial charge in [-0.3, -0.25) is 14.4 Å². The number of benzene rings is 2. The average Bonchev–Trinajstić information content (AvgIpc) is 2.68. The molecule has 0 fully saturated rings. The van der Waals surface area contributed by atoms with Gasteiger partial charge >= 0.3 is 0 Å². The van der Waals surface area contributed by atoms with Crippen molar-refractivity contribution in [3.8, 4) is 11.5 Å². The summed E-state index contributed by atoms with van der Waals surface area (Å²) in [4.78, 5) is 36.2. The van der Waals surface area contributed by atoms with Gasteiger partial charge in [0, 0.05) is 12.0 Å². The number of nitrogens with two attached hydrogens (primary N) is 1. The van der Waals surface area contributed by atoms with Crippen LogP contribution in [0, 0.1) is 0 Å². The predicted molar refractivity (Wildman–Crippen MR) is 112 cm³/mol. The largest absolute Gasteiger partial charge is 0.508 e. The van der Waals surface area contributed by atoms with Crippen LogP contribution in [0.4, 0.5) is 0 Å². The molecule has 0 unspecified atom stereocenters.